The number of esters is 1. The molecule has 1 unspecified atom stereocenters. The van der Waals surface area contributed by atoms with Crippen molar-refractivity contribution in [2.75, 3.05) is 0 Å². The van der Waals surface area contributed by atoms with Crippen LogP contribution in [-0.4, -0.2) is 26.2 Å². The molecular formula is C12H12N4O2. The molecule has 3 rings (SSSR count). The van der Waals surface area contributed by atoms with Crippen LogP contribution >= 0.6 is 0 Å². The van der Waals surface area contributed by atoms with E-state index in [9.17, 15) is 4.79 Å². The first-order chi connectivity index (χ1) is 8.67. The molecule has 1 fully saturated rings. The van der Waals surface area contributed by atoms with Crippen molar-refractivity contribution in [3.63, 3.8) is 0 Å². The van der Waals surface area contributed by atoms with Crippen molar-refractivity contribution in [3.05, 3.63) is 36.2 Å². The maximum atomic E-state index is 11.3. The highest BCUT2D eigenvalue weighted by Crippen LogP contribution is 2.36. The Morgan fingerprint density at radius 1 is 1.44 bits per heavy atom. The van der Waals surface area contributed by atoms with Gasteiger partial charge in [0.25, 0.3) is 0 Å². The molecule has 1 saturated heterocycles. The second-order valence-electron chi connectivity index (χ2n) is 4.51. The predicted molar refractivity (Wildman–Crippen MR) is 61.8 cm³/mol. The molecule has 18 heavy (non-hydrogen) atoms. The van der Waals surface area contributed by atoms with Crippen molar-refractivity contribution in [1.29, 1.82) is 0 Å². The molecule has 6 heteroatoms. The average Bonchev–Trinajstić information content (AvgIpc) is 3.00. The van der Waals surface area contributed by atoms with E-state index in [1.165, 1.54) is 6.33 Å². The van der Waals surface area contributed by atoms with Crippen molar-refractivity contribution in [2.24, 2.45) is 0 Å². The van der Waals surface area contributed by atoms with E-state index in [4.69, 9.17) is 4.74 Å². The van der Waals surface area contributed by atoms with E-state index in [2.05, 4.69) is 15.5 Å². The first kappa shape index (κ1) is 10.9. The van der Waals surface area contributed by atoms with Crippen molar-refractivity contribution in [2.45, 2.75) is 25.4 Å². The van der Waals surface area contributed by atoms with E-state index >= 15 is 0 Å². The van der Waals surface area contributed by atoms with Crippen molar-refractivity contribution < 1.29 is 9.53 Å². The van der Waals surface area contributed by atoms with E-state index in [1.807, 2.05) is 31.2 Å². The molecule has 0 saturated carbocycles. The molecule has 0 amide bonds. The van der Waals surface area contributed by atoms with Crippen molar-refractivity contribution in [1.82, 2.24) is 20.2 Å². The van der Waals surface area contributed by atoms with Gasteiger partial charge >= 0.3 is 5.97 Å². The quantitative estimate of drug-likeness (QED) is 0.743. The Bertz CT molecular complexity index is 582. The van der Waals surface area contributed by atoms with Crippen LogP contribution in [0.1, 0.15) is 25.3 Å². The number of cyclic esters (lactones) is 1. The zero-order valence-electron chi connectivity index (χ0n) is 9.91. The fourth-order valence-corrected chi connectivity index (χ4v) is 2.15. The molecule has 2 heterocycles. The Balaban J connectivity index is 1.99. The van der Waals surface area contributed by atoms with Crippen LogP contribution in [0, 0.1) is 0 Å². The minimum Gasteiger partial charge on any atom is -0.454 e. The number of hydrogen-bond acceptors (Lipinski definition) is 5. The summed E-state index contributed by atoms with van der Waals surface area (Å²) in [7, 11) is 0. The lowest BCUT2D eigenvalue weighted by atomic mass is 9.93. The van der Waals surface area contributed by atoms with Gasteiger partial charge in [0.2, 0.25) is 0 Å². The Hall–Kier alpha value is -2.24. The number of benzene rings is 1. The minimum atomic E-state index is -0.541. The SMILES string of the molecule is CC1(c2cccc(-n3cnnn3)c2)CCC(=O)O1. The molecule has 1 aromatic carbocycles. The summed E-state index contributed by atoms with van der Waals surface area (Å²) >= 11 is 0. The normalized spacial score (nSPS) is 23.1. The number of aromatic nitrogens is 4. The van der Waals surface area contributed by atoms with Crippen LogP contribution in [0.25, 0.3) is 5.69 Å². The number of rotatable bonds is 2. The van der Waals surface area contributed by atoms with Crippen LogP contribution in [0.4, 0.5) is 0 Å². The van der Waals surface area contributed by atoms with E-state index in [0.29, 0.717) is 12.8 Å². The maximum absolute atomic E-state index is 11.3. The second kappa shape index (κ2) is 3.90. The molecule has 1 aliphatic rings. The number of carbonyl (C=O) groups excluding carboxylic acids is 1. The van der Waals surface area contributed by atoms with E-state index in [1.54, 1.807) is 4.68 Å². The standard InChI is InChI=1S/C12H12N4O2/c1-12(6-5-11(17)18-12)9-3-2-4-10(7-9)16-8-13-14-15-16/h2-4,7-8H,5-6H2,1H3. The largest absolute Gasteiger partial charge is 0.454 e. The van der Waals surface area contributed by atoms with Gasteiger partial charge < -0.3 is 4.74 Å². The number of carbonyl (C=O) groups is 1. The van der Waals surface area contributed by atoms with E-state index in [0.717, 1.165) is 11.3 Å². The Kier molecular flexibility index (Phi) is 2.36. The highest BCUT2D eigenvalue weighted by Gasteiger charge is 2.37. The van der Waals surface area contributed by atoms with E-state index < -0.39 is 5.60 Å². The maximum Gasteiger partial charge on any atom is 0.306 e. The summed E-state index contributed by atoms with van der Waals surface area (Å²) in [6, 6.07) is 7.70. The predicted octanol–water partition coefficient (Wildman–Crippen LogP) is 1.21. The molecule has 0 aliphatic carbocycles. The molecule has 0 bridgehead atoms. The van der Waals surface area contributed by atoms with E-state index in [-0.39, 0.29) is 5.97 Å². The van der Waals surface area contributed by atoms with Gasteiger partial charge in [0.1, 0.15) is 11.9 Å². The van der Waals surface area contributed by atoms with Crippen LogP contribution < -0.4 is 0 Å². The summed E-state index contributed by atoms with van der Waals surface area (Å²) in [6.07, 6.45) is 2.69. The summed E-state index contributed by atoms with van der Waals surface area (Å²) in [5.74, 6) is -0.148. The molecular weight excluding hydrogens is 232 g/mol. The van der Waals surface area contributed by atoms with Crippen LogP contribution in [0.2, 0.25) is 0 Å². The summed E-state index contributed by atoms with van der Waals surface area (Å²) in [4.78, 5) is 11.3. The molecule has 2 aromatic rings. The zero-order chi connectivity index (χ0) is 12.6. The molecule has 1 aliphatic heterocycles. The summed E-state index contributed by atoms with van der Waals surface area (Å²) < 4.78 is 6.98. The second-order valence-corrected chi connectivity index (χ2v) is 4.51. The van der Waals surface area contributed by atoms with Gasteiger partial charge in [0.15, 0.2) is 0 Å². The molecule has 0 spiro atoms. The molecule has 1 atom stereocenters. The van der Waals surface area contributed by atoms with Gasteiger partial charge in [-0.05, 0) is 35.0 Å². The Morgan fingerprint density at radius 3 is 3.00 bits per heavy atom. The third-order valence-electron chi connectivity index (χ3n) is 3.22. The first-order valence-electron chi connectivity index (χ1n) is 5.73. The molecule has 92 valence electrons. The summed E-state index contributed by atoms with van der Waals surface area (Å²) in [6.45, 7) is 1.93. The monoisotopic (exact) mass is 244 g/mol. The van der Waals surface area contributed by atoms with Gasteiger partial charge in [-0.15, -0.1) is 5.10 Å². The van der Waals surface area contributed by atoms with Gasteiger partial charge in [0, 0.05) is 12.8 Å². The number of nitrogens with zero attached hydrogens (tertiary/aromatic N) is 4. The molecule has 0 radical (unpaired) electrons. The molecule has 1 aromatic heterocycles. The third-order valence-corrected chi connectivity index (χ3v) is 3.22. The van der Waals surface area contributed by atoms with Gasteiger partial charge in [-0.2, -0.15) is 0 Å². The van der Waals surface area contributed by atoms with Crippen LogP contribution in [0.15, 0.2) is 30.6 Å². The smallest absolute Gasteiger partial charge is 0.306 e. The number of ether oxygens (including phenoxy) is 1. The zero-order valence-corrected chi connectivity index (χ0v) is 9.91. The van der Waals surface area contributed by atoms with Crippen molar-refractivity contribution >= 4 is 5.97 Å². The lowest BCUT2D eigenvalue weighted by molar-refractivity contribution is -0.147. The highest BCUT2D eigenvalue weighted by atomic mass is 16.6. The van der Waals surface area contributed by atoms with Gasteiger partial charge in [-0.1, -0.05) is 12.1 Å². The number of hydrogen-bond donors (Lipinski definition) is 0. The van der Waals surface area contributed by atoms with Gasteiger partial charge in [0.05, 0.1) is 5.69 Å². The number of tetrazole rings is 1. The topological polar surface area (TPSA) is 69.9 Å². The molecule has 0 N–H and O–H groups in total. The van der Waals surface area contributed by atoms with Crippen molar-refractivity contribution in [3.8, 4) is 5.69 Å². The molecule has 6 nitrogen and oxygen atoms in total. The lowest BCUT2D eigenvalue weighted by Crippen LogP contribution is -2.21. The van der Waals surface area contributed by atoms with Crippen LogP contribution in [-0.2, 0) is 15.1 Å². The fourth-order valence-electron chi connectivity index (χ4n) is 2.15. The average molecular weight is 244 g/mol. The van der Waals surface area contributed by atoms with Crippen LogP contribution in [0.5, 0.6) is 0 Å². The third kappa shape index (κ3) is 1.75. The van der Waals surface area contributed by atoms with Gasteiger partial charge in [-0.25, -0.2) is 4.68 Å². The first-order valence-corrected chi connectivity index (χ1v) is 5.73. The lowest BCUT2D eigenvalue weighted by Gasteiger charge is -2.23. The summed E-state index contributed by atoms with van der Waals surface area (Å²) in [5.41, 5.74) is 1.27. The van der Waals surface area contributed by atoms with Crippen LogP contribution in [0.3, 0.4) is 0 Å². The Labute approximate surface area is 104 Å². The minimum absolute atomic E-state index is 0.148. The van der Waals surface area contributed by atoms with Gasteiger partial charge in [-0.3, -0.25) is 4.79 Å². The fraction of sp³-hybridized carbons (Fsp3) is 0.333. The highest BCUT2D eigenvalue weighted by molar-refractivity contribution is 5.72. The summed E-state index contributed by atoms with van der Waals surface area (Å²) in [5, 5.41) is 11.0. The Morgan fingerprint density at radius 2 is 2.33 bits per heavy atom.